The van der Waals surface area contributed by atoms with Crippen LogP contribution in [0, 0.1) is 0 Å². The van der Waals surface area contributed by atoms with Crippen LogP contribution in [0.3, 0.4) is 0 Å². The van der Waals surface area contributed by atoms with E-state index in [1.807, 2.05) is 0 Å². The zero-order chi connectivity index (χ0) is 16.7. The number of hydrogen-bond donors (Lipinski definition) is 2. The molecule has 2 N–H and O–H groups in total. The van der Waals surface area contributed by atoms with Gasteiger partial charge in [-0.25, -0.2) is 0 Å². The summed E-state index contributed by atoms with van der Waals surface area (Å²) in [5.41, 5.74) is 1.07. The maximum atomic E-state index is 11.9. The molecule has 2 rings (SSSR count). The maximum absolute atomic E-state index is 11.9. The predicted octanol–water partition coefficient (Wildman–Crippen LogP) is 2.06. The Hall–Kier alpha value is -2.25. The first-order chi connectivity index (χ1) is 11.0. The first-order valence-corrected chi connectivity index (χ1v) is 8.50. The molecule has 120 valence electrons. The Morgan fingerprint density at radius 1 is 1.00 bits per heavy atom. The number of carbonyl (C=O) groups excluding carboxylic acids is 2. The highest BCUT2D eigenvalue weighted by Gasteiger charge is 2.13. The molecule has 6 nitrogen and oxygen atoms in total. The lowest BCUT2D eigenvalue weighted by atomic mass is 10.3. The van der Waals surface area contributed by atoms with Gasteiger partial charge in [0.2, 0.25) is 11.8 Å². The third-order valence-electron chi connectivity index (χ3n) is 2.66. The van der Waals surface area contributed by atoms with E-state index >= 15 is 0 Å². The molecule has 1 aromatic heterocycles. The van der Waals surface area contributed by atoms with Crippen LogP contribution in [0.4, 0.5) is 11.4 Å². The second-order valence-corrected chi connectivity index (χ2v) is 6.47. The van der Waals surface area contributed by atoms with E-state index in [1.165, 1.54) is 6.20 Å². The van der Waals surface area contributed by atoms with E-state index in [1.54, 1.807) is 42.6 Å². The lowest BCUT2D eigenvalue weighted by molar-refractivity contribution is -0.114. The first kappa shape index (κ1) is 17.1. The minimum Gasteiger partial charge on any atom is -0.325 e. The summed E-state index contributed by atoms with van der Waals surface area (Å²) in [6, 6.07) is 9.88. The molecule has 8 heteroatoms. The number of anilines is 2. The van der Waals surface area contributed by atoms with Crippen LogP contribution in [0.1, 0.15) is 0 Å². The largest absolute Gasteiger partial charge is 0.325 e. The lowest BCUT2D eigenvalue weighted by Gasteiger charge is -2.06. The normalized spacial score (nSPS) is 11.5. The molecule has 0 aliphatic rings. The maximum Gasteiger partial charge on any atom is 0.237 e. The van der Waals surface area contributed by atoms with Crippen molar-refractivity contribution in [1.82, 2.24) is 4.98 Å². The zero-order valence-corrected chi connectivity index (χ0v) is 13.6. The van der Waals surface area contributed by atoms with Crippen LogP contribution in [0.15, 0.2) is 48.8 Å². The zero-order valence-electron chi connectivity index (χ0n) is 12.0. The van der Waals surface area contributed by atoms with Crippen LogP contribution in [-0.2, 0) is 20.4 Å². The molecule has 2 aromatic rings. The standard InChI is InChI=1S/C15H14ClN3O3S/c16-11-3-5-12(6-4-11)18-14(20)9-23(22)10-15(21)19-13-2-1-7-17-8-13/h1-8H,9-10H2,(H,18,20)(H,19,21)/t23-/m0/s1. The summed E-state index contributed by atoms with van der Waals surface area (Å²) in [5, 5.41) is 5.71. The predicted molar refractivity (Wildman–Crippen MR) is 90.8 cm³/mol. The van der Waals surface area contributed by atoms with Gasteiger partial charge in [-0.15, -0.1) is 0 Å². The van der Waals surface area contributed by atoms with Gasteiger partial charge in [0, 0.05) is 27.7 Å². The molecule has 0 aliphatic carbocycles. The number of benzene rings is 1. The number of halogens is 1. The fourth-order valence-corrected chi connectivity index (χ4v) is 2.66. The molecule has 1 aromatic carbocycles. The van der Waals surface area contributed by atoms with Gasteiger partial charge >= 0.3 is 0 Å². The topological polar surface area (TPSA) is 88.2 Å². The molecule has 1 heterocycles. The highest BCUT2D eigenvalue weighted by Crippen LogP contribution is 2.13. The monoisotopic (exact) mass is 351 g/mol. The third-order valence-corrected chi connectivity index (χ3v) is 4.08. The van der Waals surface area contributed by atoms with Crippen LogP contribution in [-0.4, -0.2) is 32.5 Å². The van der Waals surface area contributed by atoms with E-state index in [0.717, 1.165) is 0 Å². The summed E-state index contributed by atoms with van der Waals surface area (Å²) >= 11 is 5.75. The Balaban J connectivity index is 1.78. The first-order valence-electron chi connectivity index (χ1n) is 6.63. The van der Waals surface area contributed by atoms with E-state index < -0.39 is 22.6 Å². The van der Waals surface area contributed by atoms with E-state index in [9.17, 15) is 13.8 Å². The van der Waals surface area contributed by atoms with Crippen molar-refractivity contribution in [2.24, 2.45) is 0 Å². The van der Waals surface area contributed by atoms with Gasteiger partial charge in [0.05, 0.1) is 11.9 Å². The summed E-state index contributed by atoms with van der Waals surface area (Å²) in [7, 11) is -1.60. The number of amides is 2. The van der Waals surface area contributed by atoms with Gasteiger partial charge in [0.25, 0.3) is 0 Å². The van der Waals surface area contributed by atoms with Gasteiger partial charge in [-0.1, -0.05) is 11.6 Å². The number of pyridine rings is 1. The fraction of sp³-hybridized carbons (Fsp3) is 0.133. The molecule has 0 spiro atoms. The fourth-order valence-electron chi connectivity index (χ4n) is 1.71. The van der Waals surface area contributed by atoms with Gasteiger partial charge in [0.15, 0.2) is 0 Å². The van der Waals surface area contributed by atoms with Crippen molar-refractivity contribution in [3.8, 4) is 0 Å². The van der Waals surface area contributed by atoms with Gasteiger partial charge < -0.3 is 10.6 Å². The second kappa shape index (κ2) is 8.40. The van der Waals surface area contributed by atoms with E-state index in [4.69, 9.17) is 11.6 Å². The Kier molecular flexibility index (Phi) is 6.25. The van der Waals surface area contributed by atoms with Crippen molar-refractivity contribution in [3.05, 3.63) is 53.8 Å². The molecule has 0 radical (unpaired) electrons. The second-order valence-electron chi connectivity index (χ2n) is 4.57. The van der Waals surface area contributed by atoms with Gasteiger partial charge in [-0.05, 0) is 36.4 Å². The average Bonchev–Trinajstić information content (AvgIpc) is 2.50. The van der Waals surface area contributed by atoms with Crippen LogP contribution in [0.5, 0.6) is 0 Å². The minimum atomic E-state index is -1.60. The van der Waals surface area contributed by atoms with Gasteiger partial charge in [-0.3, -0.25) is 18.8 Å². The third kappa shape index (κ3) is 6.17. The van der Waals surface area contributed by atoms with Crippen molar-refractivity contribution in [2.45, 2.75) is 0 Å². The van der Waals surface area contributed by atoms with Crippen molar-refractivity contribution >= 4 is 45.6 Å². The summed E-state index contributed by atoms with van der Waals surface area (Å²) < 4.78 is 11.9. The van der Waals surface area contributed by atoms with Crippen molar-refractivity contribution < 1.29 is 13.8 Å². The van der Waals surface area contributed by atoms with Gasteiger partial charge in [-0.2, -0.15) is 0 Å². The van der Waals surface area contributed by atoms with Crippen LogP contribution >= 0.6 is 11.6 Å². The van der Waals surface area contributed by atoms with Crippen LogP contribution in [0.2, 0.25) is 5.02 Å². The van der Waals surface area contributed by atoms with E-state index in [0.29, 0.717) is 16.4 Å². The molecule has 0 saturated carbocycles. The molecular weight excluding hydrogens is 338 g/mol. The number of hydrogen-bond acceptors (Lipinski definition) is 4. The summed E-state index contributed by atoms with van der Waals surface area (Å²) in [6.07, 6.45) is 3.06. The van der Waals surface area contributed by atoms with Crippen molar-refractivity contribution in [2.75, 3.05) is 22.1 Å². The number of nitrogens with one attached hydrogen (secondary N) is 2. The number of carbonyl (C=O) groups is 2. The average molecular weight is 352 g/mol. The molecule has 23 heavy (non-hydrogen) atoms. The molecule has 0 saturated heterocycles. The molecule has 0 aliphatic heterocycles. The Morgan fingerprint density at radius 2 is 1.61 bits per heavy atom. The summed E-state index contributed by atoms with van der Waals surface area (Å²) in [6.45, 7) is 0. The quantitative estimate of drug-likeness (QED) is 0.833. The minimum absolute atomic E-state index is 0.261. The Morgan fingerprint density at radius 3 is 2.17 bits per heavy atom. The SMILES string of the molecule is O=C(C[S@](=O)CC(=O)Nc1cccnc1)Nc1ccc(Cl)cc1. The Labute approximate surface area is 140 Å². The Bertz CT molecular complexity index is 708. The molecular formula is C15H14ClN3O3S. The lowest BCUT2D eigenvalue weighted by Crippen LogP contribution is -2.26. The van der Waals surface area contributed by atoms with Gasteiger partial charge in [0.1, 0.15) is 11.5 Å². The smallest absolute Gasteiger partial charge is 0.237 e. The summed E-state index contributed by atoms with van der Waals surface area (Å²) in [5.74, 6) is -1.39. The summed E-state index contributed by atoms with van der Waals surface area (Å²) in [4.78, 5) is 27.3. The number of rotatable bonds is 6. The molecule has 0 bridgehead atoms. The molecule has 1 atom stereocenters. The van der Waals surface area contributed by atoms with Crippen molar-refractivity contribution in [1.29, 1.82) is 0 Å². The van der Waals surface area contributed by atoms with Crippen LogP contribution < -0.4 is 10.6 Å². The molecule has 0 unspecified atom stereocenters. The molecule has 2 amide bonds. The number of aromatic nitrogens is 1. The van der Waals surface area contributed by atoms with Crippen LogP contribution in [0.25, 0.3) is 0 Å². The number of nitrogens with zero attached hydrogens (tertiary/aromatic N) is 1. The van der Waals surface area contributed by atoms with E-state index in [2.05, 4.69) is 15.6 Å². The van der Waals surface area contributed by atoms with E-state index in [-0.39, 0.29) is 11.5 Å². The highest BCUT2D eigenvalue weighted by atomic mass is 35.5. The highest BCUT2D eigenvalue weighted by molar-refractivity contribution is 7.86. The van der Waals surface area contributed by atoms with Crippen molar-refractivity contribution in [3.63, 3.8) is 0 Å². The molecule has 0 fully saturated rings.